The van der Waals surface area contributed by atoms with Crippen LogP contribution in [0.5, 0.6) is 0 Å². The number of rotatable bonds is 7. The van der Waals surface area contributed by atoms with Crippen molar-refractivity contribution in [2.24, 2.45) is 0 Å². The van der Waals surface area contributed by atoms with Crippen molar-refractivity contribution in [3.8, 4) is 0 Å². The van der Waals surface area contributed by atoms with Crippen molar-refractivity contribution in [3.63, 3.8) is 0 Å². The number of carboxylic acid groups (broad SMARTS) is 1. The Hall–Kier alpha value is -2.05. The fourth-order valence-electron chi connectivity index (χ4n) is 2.02. The van der Waals surface area contributed by atoms with Crippen LogP contribution in [0.2, 0.25) is 0 Å². The van der Waals surface area contributed by atoms with E-state index in [-0.39, 0.29) is 6.04 Å². The Morgan fingerprint density at radius 3 is 2.50 bits per heavy atom. The SMILES string of the molecule is CCC(CC)(NC(=O)NC(C)Cn1ccnc1)C(=O)O. The lowest BCUT2D eigenvalue weighted by molar-refractivity contribution is -0.144. The molecule has 0 saturated carbocycles. The van der Waals surface area contributed by atoms with Gasteiger partial charge in [0.2, 0.25) is 0 Å². The molecule has 1 rings (SSSR count). The van der Waals surface area contributed by atoms with Gasteiger partial charge in [-0.25, -0.2) is 14.6 Å². The van der Waals surface area contributed by atoms with Crippen LogP contribution in [0.25, 0.3) is 0 Å². The van der Waals surface area contributed by atoms with Gasteiger partial charge in [0.25, 0.3) is 0 Å². The molecule has 20 heavy (non-hydrogen) atoms. The second kappa shape index (κ2) is 6.93. The lowest BCUT2D eigenvalue weighted by Gasteiger charge is -2.29. The highest BCUT2D eigenvalue weighted by Gasteiger charge is 2.36. The third kappa shape index (κ3) is 3.97. The third-order valence-corrected chi connectivity index (χ3v) is 3.39. The van der Waals surface area contributed by atoms with Crippen LogP contribution < -0.4 is 10.6 Å². The molecule has 0 fully saturated rings. The Morgan fingerprint density at radius 1 is 1.40 bits per heavy atom. The maximum atomic E-state index is 11.9. The zero-order valence-corrected chi connectivity index (χ0v) is 12.1. The smallest absolute Gasteiger partial charge is 0.329 e. The number of aromatic nitrogens is 2. The molecule has 1 heterocycles. The van der Waals surface area contributed by atoms with E-state index in [0.29, 0.717) is 19.4 Å². The Balaban J connectivity index is 2.55. The molecule has 0 aliphatic heterocycles. The van der Waals surface area contributed by atoms with Gasteiger partial charge >= 0.3 is 12.0 Å². The van der Waals surface area contributed by atoms with Crippen molar-refractivity contribution < 1.29 is 14.7 Å². The Morgan fingerprint density at radius 2 is 2.05 bits per heavy atom. The monoisotopic (exact) mass is 282 g/mol. The van der Waals surface area contributed by atoms with E-state index in [1.165, 1.54) is 0 Å². The second-order valence-corrected chi connectivity index (χ2v) is 4.85. The molecule has 3 N–H and O–H groups in total. The highest BCUT2D eigenvalue weighted by molar-refractivity contribution is 5.86. The van der Waals surface area contributed by atoms with E-state index < -0.39 is 17.5 Å². The van der Waals surface area contributed by atoms with Gasteiger partial charge in [0.1, 0.15) is 5.54 Å². The minimum atomic E-state index is -1.21. The Labute approximate surface area is 118 Å². The molecule has 7 nitrogen and oxygen atoms in total. The molecule has 1 aromatic rings. The Bertz CT molecular complexity index is 440. The number of imidazole rings is 1. The van der Waals surface area contributed by atoms with Crippen LogP contribution in [-0.2, 0) is 11.3 Å². The minimum Gasteiger partial charge on any atom is -0.480 e. The predicted molar refractivity (Wildman–Crippen MR) is 74.3 cm³/mol. The average Bonchev–Trinajstić information content (AvgIpc) is 2.88. The van der Waals surface area contributed by atoms with Gasteiger partial charge in [-0.1, -0.05) is 13.8 Å². The van der Waals surface area contributed by atoms with Crippen molar-refractivity contribution in [1.29, 1.82) is 0 Å². The van der Waals surface area contributed by atoms with Gasteiger partial charge in [-0.3, -0.25) is 0 Å². The number of aliphatic carboxylic acids is 1. The number of carbonyl (C=O) groups excluding carboxylic acids is 1. The number of nitrogens with one attached hydrogen (secondary N) is 2. The van der Waals surface area contributed by atoms with Gasteiger partial charge in [-0.05, 0) is 19.8 Å². The van der Waals surface area contributed by atoms with Crippen molar-refractivity contribution in [2.75, 3.05) is 0 Å². The number of carboxylic acids is 1. The summed E-state index contributed by atoms with van der Waals surface area (Å²) >= 11 is 0. The molecule has 0 bridgehead atoms. The fraction of sp³-hybridized carbons (Fsp3) is 0.615. The lowest BCUT2D eigenvalue weighted by atomic mass is 9.93. The summed E-state index contributed by atoms with van der Waals surface area (Å²) in [6, 6.07) is -0.604. The molecule has 0 radical (unpaired) electrons. The van der Waals surface area contributed by atoms with Crippen LogP contribution in [0.15, 0.2) is 18.7 Å². The molecule has 0 aliphatic carbocycles. The summed E-state index contributed by atoms with van der Waals surface area (Å²) in [5, 5.41) is 14.6. The Kier molecular flexibility index (Phi) is 5.54. The van der Waals surface area contributed by atoms with E-state index in [1.54, 1.807) is 32.6 Å². The molecule has 0 saturated heterocycles. The maximum Gasteiger partial charge on any atom is 0.329 e. The average molecular weight is 282 g/mol. The van der Waals surface area contributed by atoms with Crippen LogP contribution >= 0.6 is 0 Å². The van der Waals surface area contributed by atoms with Crippen molar-refractivity contribution >= 4 is 12.0 Å². The summed E-state index contributed by atoms with van der Waals surface area (Å²) in [5.41, 5.74) is -1.21. The van der Waals surface area contributed by atoms with Crippen molar-refractivity contribution in [2.45, 2.75) is 51.7 Å². The summed E-state index contributed by atoms with van der Waals surface area (Å²) in [5.74, 6) is -1.01. The lowest BCUT2D eigenvalue weighted by Crippen LogP contribution is -2.57. The zero-order chi connectivity index (χ0) is 15.2. The first kappa shape index (κ1) is 16.0. The first-order chi connectivity index (χ1) is 9.43. The van der Waals surface area contributed by atoms with Gasteiger partial charge in [0.15, 0.2) is 0 Å². The molecule has 0 aliphatic rings. The fourth-order valence-corrected chi connectivity index (χ4v) is 2.02. The van der Waals surface area contributed by atoms with Crippen molar-refractivity contribution in [1.82, 2.24) is 20.2 Å². The summed E-state index contributed by atoms with van der Waals surface area (Å²) in [4.78, 5) is 27.1. The van der Waals surface area contributed by atoms with Gasteiger partial charge in [0, 0.05) is 25.0 Å². The largest absolute Gasteiger partial charge is 0.480 e. The molecule has 0 aromatic carbocycles. The third-order valence-electron chi connectivity index (χ3n) is 3.39. The summed E-state index contributed by atoms with van der Waals surface area (Å²) < 4.78 is 1.84. The summed E-state index contributed by atoms with van der Waals surface area (Å²) in [7, 11) is 0. The van der Waals surface area contributed by atoms with E-state index in [2.05, 4.69) is 15.6 Å². The first-order valence-corrected chi connectivity index (χ1v) is 6.71. The molecule has 1 unspecified atom stereocenters. The second-order valence-electron chi connectivity index (χ2n) is 4.85. The highest BCUT2D eigenvalue weighted by Crippen LogP contribution is 2.15. The molecule has 7 heteroatoms. The molecule has 112 valence electrons. The van der Waals surface area contributed by atoms with E-state index in [1.807, 2.05) is 11.5 Å². The number of carbonyl (C=O) groups is 2. The summed E-state index contributed by atoms with van der Waals surface area (Å²) in [6.07, 6.45) is 5.80. The van der Waals surface area contributed by atoms with Crippen LogP contribution in [0.4, 0.5) is 4.79 Å². The number of urea groups is 1. The highest BCUT2D eigenvalue weighted by atomic mass is 16.4. The van der Waals surface area contributed by atoms with Crippen LogP contribution in [0.1, 0.15) is 33.6 Å². The predicted octanol–water partition coefficient (Wildman–Crippen LogP) is 1.21. The number of nitrogens with zero attached hydrogens (tertiary/aromatic N) is 2. The number of amides is 2. The van der Waals surface area contributed by atoms with Gasteiger partial charge in [0.05, 0.1) is 6.33 Å². The standard InChI is InChI=1S/C13H22N4O3/c1-4-13(5-2,11(18)19)16-12(20)15-10(3)8-17-7-6-14-9-17/h6-7,9-10H,4-5,8H2,1-3H3,(H,18,19)(H2,15,16,20). The normalized spacial score (nSPS) is 12.8. The minimum absolute atomic E-state index is 0.135. The molecule has 1 atom stereocenters. The first-order valence-electron chi connectivity index (χ1n) is 6.71. The topological polar surface area (TPSA) is 96.3 Å². The molecular formula is C13H22N4O3. The van der Waals surface area contributed by atoms with Crippen LogP contribution in [-0.4, -0.2) is 38.2 Å². The molecule has 1 aromatic heterocycles. The number of hydrogen-bond donors (Lipinski definition) is 3. The van der Waals surface area contributed by atoms with E-state index >= 15 is 0 Å². The maximum absolute atomic E-state index is 11.9. The molecular weight excluding hydrogens is 260 g/mol. The van der Waals surface area contributed by atoms with Gasteiger partial charge in [-0.2, -0.15) is 0 Å². The van der Waals surface area contributed by atoms with Crippen molar-refractivity contribution in [3.05, 3.63) is 18.7 Å². The van der Waals surface area contributed by atoms with Crippen LogP contribution in [0, 0.1) is 0 Å². The van der Waals surface area contributed by atoms with E-state index in [4.69, 9.17) is 0 Å². The van der Waals surface area contributed by atoms with E-state index in [9.17, 15) is 14.7 Å². The number of hydrogen-bond acceptors (Lipinski definition) is 3. The zero-order valence-electron chi connectivity index (χ0n) is 12.1. The van der Waals surface area contributed by atoms with E-state index in [0.717, 1.165) is 0 Å². The summed E-state index contributed by atoms with van der Waals surface area (Å²) in [6.45, 7) is 5.91. The molecule has 0 spiro atoms. The van der Waals surface area contributed by atoms with Gasteiger partial charge < -0.3 is 20.3 Å². The van der Waals surface area contributed by atoms with Gasteiger partial charge in [-0.15, -0.1) is 0 Å². The molecule has 2 amide bonds. The quantitative estimate of drug-likeness (QED) is 0.700. The van der Waals surface area contributed by atoms with Crippen LogP contribution in [0.3, 0.4) is 0 Å².